The molecular weight excluding hydrogens is 304 g/mol. The molecule has 1 aromatic rings. The van der Waals surface area contributed by atoms with Crippen molar-refractivity contribution in [1.29, 1.82) is 0 Å². The Morgan fingerprint density at radius 2 is 1.44 bits per heavy atom. The maximum atomic E-state index is 2.61. The number of unbranched alkanes of at least 4 members (excludes halogenated alkanes) is 9. The van der Waals surface area contributed by atoms with E-state index in [9.17, 15) is 0 Å². The predicted molar refractivity (Wildman–Crippen MR) is 110 cm³/mol. The molecule has 0 N–H and O–H groups in total. The van der Waals surface area contributed by atoms with Crippen LogP contribution in [0.1, 0.15) is 83.1 Å². The fourth-order valence-corrected chi connectivity index (χ4v) is 3.95. The van der Waals surface area contributed by atoms with Crippen molar-refractivity contribution in [2.24, 2.45) is 0 Å². The summed E-state index contributed by atoms with van der Waals surface area (Å²) in [7, 11) is 2.24. The molecule has 0 saturated carbocycles. The second-order valence-electron chi connectivity index (χ2n) is 7.63. The van der Waals surface area contributed by atoms with Gasteiger partial charge in [-0.05, 0) is 25.0 Å². The first-order valence-corrected chi connectivity index (χ1v) is 10.7. The first-order valence-electron chi connectivity index (χ1n) is 10.7. The minimum atomic E-state index is 1.18. The first kappa shape index (κ1) is 20.0. The van der Waals surface area contributed by atoms with E-state index >= 15 is 0 Å². The fourth-order valence-electron chi connectivity index (χ4n) is 3.95. The van der Waals surface area contributed by atoms with E-state index in [1.54, 1.807) is 0 Å². The molecule has 0 amide bonds. The van der Waals surface area contributed by atoms with Crippen LogP contribution in [0.25, 0.3) is 0 Å². The minimum absolute atomic E-state index is 1.18. The molecule has 0 unspecified atom stereocenters. The molecule has 0 bridgehead atoms. The number of benzene rings is 1. The SMILES string of the molecule is CCCCCCCCCCCCN1CCC[N+](C)=C1c1ccccc1. The molecule has 0 aromatic heterocycles. The van der Waals surface area contributed by atoms with Gasteiger partial charge in [0.05, 0.1) is 32.2 Å². The van der Waals surface area contributed by atoms with E-state index in [4.69, 9.17) is 0 Å². The summed E-state index contributed by atoms with van der Waals surface area (Å²) >= 11 is 0. The topological polar surface area (TPSA) is 6.25 Å². The summed E-state index contributed by atoms with van der Waals surface area (Å²) in [6.07, 6.45) is 15.4. The lowest BCUT2D eigenvalue weighted by molar-refractivity contribution is -0.508. The van der Waals surface area contributed by atoms with Gasteiger partial charge in [0, 0.05) is 6.42 Å². The third-order valence-corrected chi connectivity index (χ3v) is 5.40. The number of amidine groups is 1. The van der Waals surface area contributed by atoms with E-state index in [1.165, 1.54) is 102 Å². The zero-order valence-electron chi connectivity index (χ0n) is 16.7. The Labute approximate surface area is 155 Å². The molecule has 1 aliphatic rings. The molecule has 0 atom stereocenters. The van der Waals surface area contributed by atoms with Gasteiger partial charge in [-0.25, -0.2) is 0 Å². The lowest BCUT2D eigenvalue weighted by Crippen LogP contribution is -2.44. The van der Waals surface area contributed by atoms with Crippen molar-refractivity contribution in [2.75, 3.05) is 26.7 Å². The van der Waals surface area contributed by atoms with Crippen molar-refractivity contribution < 1.29 is 4.58 Å². The van der Waals surface area contributed by atoms with Gasteiger partial charge in [-0.15, -0.1) is 0 Å². The van der Waals surface area contributed by atoms with Gasteiger partial charge in [0.2, 0.25) is 0 Å². The third-order valence-electron chi connectivity index (χ3n) is 5.40. The Hall–Kier alpha value is -1.31. The zero-order valence-corrected chi connectivity index (χ0v) is 16.7. The van der Waals surface area contributed by atoms with Crippen molar-refractivity contribution in [3.63, 3.8) is 0 Å². The van der Waals surface area contributed by atoms with Crippen LogP contribution in [0.15, 0.2) is 30.3 Å². The van der Waals surface area contributed by atoms with Crippen molar-refractivity contribution in [3.05, 3.63) is 35.9 Å². The van der Waals surface area contributed by atoms with Crippen LogP contribution in [-0.4, -0.2) is 42.0 Å². The summed E-state index contributed by atoms with van der Waals surface area (Å²) in [4.78, 5) is 2.61. The number of nitrogens with zero attached hydrogens (tertiary/aromatic N) is 2. The summed E-state index contributed by atoms with van der Waals surface area (Å²) in [5.41, 5.74) is 1.37. The van der Waals surface area contributed by atoms with Crippen LogP contribution < -0.4 is 0 Å². The number of rotatable bonds is 12. The summed E-state index contributed by atoms with van der Waals surface area (Å²) < 4.78 is 2.44. The Morgan fingerprint density at radius 1 is 0.840 bits per heavy atom. The van der Waals surface area contributed by atoms with Crippen LogP contribution in [0, 0.1) is 0 Å². The van der Waals surface area contributed by atoms with Crippen LogP contribution in [0.5, 0.6) is 0 Å². The summed E-state index contributed by atoms with van der Waals surface area (Å²) in [5.74, 6) is 1.43. The maximum Gasteiger partial charge on any atom is 0.278 e. The van der Waals surface area contributed by atoms with Gasteiger partial charge in [-0.2, -0.15) is 0 Å². The second-order valence-corrected chi connectivity index (χ2v) is 7.63. The molecule has 2 rings (SSSR count). The van der Waals surface area contributed by atoms with Gasteiger partial charge < -0.3 is 0 Å². The van der Waals surface area contributed by atoms with E-state index in [1.807, 2.05) is 0 Å². The van der Waals surface area contributed by atoms with Crippen molar-refractivity contribution >= 4 is 5.84 Å². The highest BCUT2D eigenvalue weighted by Crippen LogP contribution is 2.14. The summed E-state index contributed by atoms with van der Waals surface area (Å²) in [6, 6.07) is 10.9. The molecule has 0 spiro atoms. The average Bonchev–Trinajstić information content (AvgIpc) is 2.64. The van der Waals surface area contributed by atoms with Crippen LogP contribution in [0.4, 0.5) is 0 Å². The summed E-state index contributed by atoms with van der Waals surface area (Å²) in [6.45, 7) is 5.90. The monoisotopic (exact) mass is 343 g/mol. The zero-order chi connectivity index (χ0) is 17.7. The molecule has 140 valence electrons. The third kappa shape index (κ3) is 7.22. The van der Waals surface area contributed by atoms with E-state index in [0.717, 1.165) is 0 Å². The second kappa shape index (κ2) is 12.1. The van der Waals surface area contributed by atoms with Crippen LogP contribution in [-0.2, 0) is 0 Å². The van der Waals surface area contributed by atoms with E-state index in [0.29, 0.717) is 0 Å². The van der Waals surface area contributed by atoms with Gasteiger partial charge >= 0.3 is 0 Å². The lowest BCUT2D eigenvalue weighted by Gasteiger charge is -2.26. The molecule has 0 aliphatic carbocycles. The molecule has 0 fully saturated rings. The molecule has 25 heavy (non-hydrogen) atoms. The normalized spacial score (nSPS) is 15.0. The smallest absolute Gasteiger partial charge is 0.264 e. The Morgan fingerprint density at radius 3 is 2.08 bits per heavy atom. The minimum Gasteiger partial charge on any atom is -0.264 e. The van der Waals surface area contributed by atoms with Gasteiger partial charge in [-0.3, -0.25) is 9.48 Å². The number of hydrogen-bond acceptors (Lipinski definition) is 1. The van der Waals surface area contributed by atoms with Crippen LogP contribution in [0.2, 0.25) is 0 Å². The standard InChI is InChI=1S/C23H39N2/c1-3-4-5-6-7-8-9-10-11-15-20-25-21-16-19-24(2)23(25)22-17-13-12-14-18-22/h12-14,17-18H,3-11,15-16,19-21H2,1-2H3/q+1. The fraction of sp³-hybridized carbons (Fsp3) is 0.696. The average molecular weight is 344 g/mol. The predicted octanol–water partition coefficient (Wildman–Crippen LogP) is 5.70. The quantitative estimate of drug-likeness (QED) is 0.348. The molecule has 1 aromatic carbocycles. The Bertz CT molecular complexity index is 492. The Kier molecular flexibility index (Phi) is 9.69. The van der Waals surface area contributed by atoms with Crippen LogP contribution >= 0.6 is 0 Å². The van der Waals surface area contributed by atoms with Gasteiger partial charge in [0.25, 0.3) is 5.84 Å². The van der Waals surface area contributed by atoms with Crippen molar-refractivity contribution in [2.45, 2.75) is 77.6 Å². The Balaban J connectivity index is 1.65. The largest absolute Gasteiger partial charge is 0.278 e. The molecule has 1 heterocycles. The molecular formula is C23H39N2+. The van der Waals surface area contributed by atoms with E-state index in [2.05, 4.69) is 53.8 Å². The highest BCUT2D eigenvalue weighted by atomic mass is 15.2. The van der Waals surface area contributed by atoms with Gasteiger partial charge in [0.1, 0.15) is 0 Å². The molecule has 1 aliphatic heterocycles. The van der Waals surface area contributed by atoms with E-state index < -0.39 is 0 Å². The number of hydrogen-bond donors (Lipinski definition) is 0. The maximum absolute atomic E-state index is 2.61. The van der Waals surface area contributed by atoms with E-state index in [-0.39, 0.29) is 0 Å². The summed E-state index contributed by atoms with van der Waals surface area (Å²) in [5, 5.41) is 0. The van der Waals surface area contributed by atoms with Crippen molar-refractivity contribution in [3.8, 4) is 0 Å². The highest BCUT2D eigenvalue weighted by molar-refractivity contribution is 5.95. The van der Waals surface area contributed by atoms with Crippen molar-refractivity contribution in [1.82, 2.24) is 4.90 Å². The highest BCUT2D eigenvalue weighted by Gasteiger charge is 2.26. The molecule has 2 nitrogen and oxygen atoms in total. The van der Waals surface area contributed by atoms with Gasteiger partial charge in [-0.1, -0.05) is 76.5 Å². The molecule has 0 radical (unpaired) electrons. The molecule has 2 heteroatoms. The first-order chi connectivity index (χ1) is 12.3. The van der Waals surface area contributed by atoms with Gasteiger partial charge in [0.15, 0.2) is 0 Å². The van der Waals surface area contributed by atoms with Crippen LogP contribution in [0.3, 0.4) is 0 Å². The lowest BCUT2D eigenvalue weighted by atomic mass is 10.1. The molecule has 0 saturated heterocycles.